The smallest absolute Gasteiger partial charge is 0.418 e. The molecule has 0 saturated carbocycles. The third-order valence-electron chi connectivity index (χ3n) is 0.408. The second kappa shape index (κ2) is 6.86. The van der Waals surface area contributed by atoms with E-state index < -0.39 is 7.25 Å². The zero-order valence-corrected chi connectivity index (χ0v) is 5.36. The molecule has 0 aromatic rings. The van der Waals surface area contributed by atoms with Crippen molar-refractivity contribution < 1.29 is 22.4 Å². The van der Waals surface area contributed by atoms with Crippen LogP contribution in [0.1, 0.15) is 12.8 Å². The average Bonchev–Trinajstić information content (AvgIpc) is 1.63. The summed E-state index contributed by atoms with van der Waals surface area (Å²) in [5, 5.41) is 8.03. The molecule has 0 aromatic carbocycles. The van der Waals surface area contributed by atoms with Crippen molar-refractivity contribution in [2.75, 3.05) is 6.61 Å². The van der Waals surface area contributed by atoms with Crippen molar-refractivity contribution >= 4 is 7.25 Å². The van der Waals surface area contributed by atoms with Crippen LogP contribution in [0.25, 0.3) is 0 Å². The molecule has 0 aliphatic heterocycles. The van der Waals surface area contributed by atoms with Gasteiger partial charge in [-0.3, -0.25) is 0 Å². The van der Waals surface area contributed by atoms with Crippen molar-refractivity contribution in [2.45, 2.75) is 12.8 Å². The molecule has 0 spiro atoms. The van der Waals surface area contributed by atoms with Crippen molar-refractivity contribution in [2.24, 2.45) is 0 Å². The molecular weight excluding hydrogens is 151 g/mol. The van der Waals surface area contributed by atoms with Gasteiger partial charge in [-0.1, -0.05) is 13.3 Å². The molecular formula is C4H9BF4O-. The summed E-state index contributed by atoms with van der Waals surface area (Å²) in [6, 6.07) is 0. The van der Waals surface area contributed by atoms with Gasteiger partial charge in [-0.25, -0.2) is 0 Å². The summed E-state index contributed by atoms with van der Waals surface area (Å²) in [4.78, 5) is 0. The summed E-state index contributed by atoms with van der Waals surface area (Å²) in [6.07, 6.45) is 1.68. The molecule has 0 atom stereocenters. The quantitative estimate of drug-likeness (QED) is 0.482. The molecule has 6 heteroatoms. The molecule has 0 aliphatic carbocycles. The normalized spacial score (nSPS) is 10.2. The summed E-state index contributed by atoms with van der Waals surface area (Å²) in [5.74, 6) is 0. The minimum Gasteiger partial charge on any atom is -0.418 e. The Bertz CT molecular complexity index is 56.8. The molecule has 0 aromatic heterocycles. The summed E-state index contributed by atoms with van der Waals surface area (Å²) < 4.78 is 39.0. The molecule has 0 aliphatic rings. The van der Waals surface area contributed by atoms with Crippen LogP contribution >= 0.6 is 0 Å². The van der Waals surface area contributed by atoms with E-state index in [2.05, 4.69) is 6.92 Å². The number of hydrogen-bond acceptors (Lipinski definition) is 1. The third kappa shape index (κ3) is 116. The molecule has 0 saturated heterocycles. The monoisotopic (exact) mass is 160 g/mol. The van der Waals surface area contributed by atoms with Crippen LogP contribution in [0.2, 0.25) is 0 Å². The summed E-state index contributed by atoms with van der Waals surface area (Å²) in [7, 11) is -6.00. The Morgan fingerprint density at radius 2 is 1.50 bits per heavy atom. The third-order valence-corrected chi connectivity index (χ3v) is 0.408. The Morgan fingerprint density at radius 3 is 1.50 bits per heavy atom. The maximum Gasteiger partial charge on any atom is 0.673 e. The molecule has 0 amide bonds. The van der Waals surface area contributed by atoms with E-state index >= 15 is 0 Å². The zero-order chi connectivity index (χ0) is 8.62. The average molecular weight is 160 g/mol. The molecule has 0 fully saturated rings. The molecule has 0 rings (SSSR count). The van der Waals surface area contributed by atoms with Gasteiger partial charge in [0.2, 0.25) is 0 Å². The van der Waals surface area contributed by atoms with Gasteiger partial charge in [0.25, 0.3) is 0 Å². The lowest BCUT2D eigenvalue weighted by Crippen LogP contribution is -2.02. The predicted octanol–water partition coefficient (Wildman–Crippen LogP) is 1.89. The second-order valence-electron chi connectivity index (χ2n) is 1.43. The number of hydrogen-bond donors (Lipinski definition) is 1. The fourth-order valence-electron chi connectivity index (χ4n) is 0.112. The highest BCUT2D eigenvalue weighted by molar-refractivity contribution is 6.50. The van der Waals surface area contributed by atoms with E-state index in [-0.39, 0.29) is 6.61 Å². The van der Waals surface area contributed by atoms with Crippen LogP contribution in [-0.4, -0.2) is 19.0 Å². The summed E-state index contributed by atoms with van der Waals surface area (Å²) >= 11 is 0. The number of aliphatic hydroxyl groups excluding tert-OH is 1. The molecule has 1 radical (unpaired) electrons. The highest BCUT2D eigenvalue weighted by atomic mass is 19.5. The van der Waals surface area contributed by atoms with Gasteiger partial charge in [-0.05, 0) is 6.42 Å². The SMILES string of the molecule is F[B-](F)(F)F.[CH2]CCCO. The van der Waals surface area contributed by atoms with E-state index in [9.17, 15) is 17.3 Å². The second-order valence-corrected chi connectivity index (χ2v) is 1.43. The maximum absolute atomic E-state index is 9.75. The lowest BCUT2D eigenvalue weighted by molar-refractivity contribution is 0.289. The molecule has 10 heavy (non-hydrogen) atoms. The van der Waals surface area contributed by atoms with Crippen molar-refractivity contribution in [3.8, 4) is 0 Å². The van der Waals surface area contributed by atoms with E-state index in [4.69, 9.17) is 5.11 Å². The fourth-order valence-corrected chi connectivity index (χ4v) is 0.112. The first-order valence-corrected chi connectivity index (χ1v) is 2.69. The molecule has 0 bridgehead atoms. The van der Waals surface area contributed by atoms with Gasteiger partial charge < -0.3 is 22.4 Å². The van der Waals surface area contributed by atoms with Gasteiger partial charge in [-0.2, -0.15) is 0 Å². The molecule has 1 nitrogen and oxygen atoms in total. The minimum atomic E-state index is -6.00. The highest BCUT2D eigenvalue weighted by Gasteiger charge is 2.20. The van der Waals surface area contributed by atoms with E-state index in [1.54, 1.807) is 0 Å². The van der Waals surface area contributed by atoms with Crippen molar-refractivity contribution in [1.82, 2.24) is 0 Å². The Hall–Kier alpha value is -0.255. The Balaban J connectivity index is 0. The molecule has 63 valence electrons. The van der Waals surface area contributed by atoms with E-state index in [1.165, 1.54) is 0 Å². The van der Waals surface area contributed by atoms with Gasteiger partial charge in [-0.15, -0.1) is 0 Å². The molecule has 0 unspecified atom stereocenters. The molecule has 1 N–H and O–H groups in total. The van der Waals surface area contributed by atoms with Crippen molar-refractivity contribution in [3.05, 3.63) is 6.92 Å². The first kappa shape index (κ1) is 12.4. The van der Waals surface area contributed by atoms with Crippen LogP contribution in [0.4, 0.5) is 17.3 Å². The standard InChI is InChI=1S/C4H9O.BF4/c1-2-3-4-5;2-1(3,4)5/h5H,1-4H2;/q;-1. The van der Waals surface area contributed by atoms with E-state index in [1.807, 2.05) is 0 Å². The highest BCUT2D eigenvalue weighted by Crippen LogP contribution is 2.06. The van der Waals surface area contributed by atoms with E-state index in [0.29, 0.717) is 0 Å². The maximum atomic E-state index is 9.75. The largest absolute Gasteiger partial charge is 0.673 e. The van der Waals surface area contributed by atoms with Gasteiger partial charge in [0.05, 0.1) is 0 Å². The van der Waals surface area contributed by atoms with Crippen LogP contribution in [-0.2, 0) is 0 Å². The fraction of sp³-hybridized carbons (Fsp3) is 0.750. The van der Waals surface area contributed by atoms with Crippen molar-refractivity contribution in [1.29, 1.82) is 0 Å². The van der Waals surface area contributed by atoms with Crippen LogP contribution in [0.5, 0.6) is 0 Å². The van der Waals surface area contributed by atoms with Gasteiger partial charge in [0.15, 0.2) is 0 Å². The van der Waals surface area contributed by atoms with Gasteiger partial charge in [0.1, 0.15) is 0 Å². The van der Waals surface area contributed by atoms with Crippen LogP contribution in [0.3, 0.4) is 0 Å². The Morgan fingerprint density at radius 1 is 1.20 bits per heavy atom. The van der Waals surface area contributed by atoms with Gasteiger partial charge >= 0.3 is 7.25 Å². The number of aliphatic hydroxyl groups is 1. The first-order chi connectivity index (χ1) is 4.41. The predicted molar refractivity (Wildman–Crippen MR) is 31.9 cm³/mol. The van der Waals surface area contributed by atoms with Gasteiger partial charge in [0, 0.05) is 6.61 Å². The van der Waals surface area contributed by atoms with Crippen LogP contribution < -0.4 is 0 Å². The minimum absolute atomic E-state index is 0.281. The number of unbranched alkanes of at least 4 members (excludes halogenated alkanes) is 1. The molecule has 0 heterocycles. The zero-order valence-electron chi connectivity index (χ0n) is 5.36. The summed E-state index contributed by atoms with van der Waals surface area (Å²) in [6.45, 7) is 3.80. The Labute approximate surface area is 57.2 Å². The topological polar surface area (TPSA) is 20.2 Å². The lowest BCUT2D eigenvalue weighted by Gasteiger charge is -1.94. The van der Waals surface area contributed by atoms with E-state index in [0.717, 1.165) is 12.8 Å². The summed E-state index contributed by atoms with van der Waals surface area (Å²) in [5.41, 5.74) is 0. The number of rotatable bonds is 2. The number of halogens is 4. The van der Waals surface area contributed by atoms with Crippen LogP contribution in [0, 0.1) is 6.92 Å². The van der Waals surface area contributed by atoms with Crippen molar-refractivity contribution in [3.63, 3.8) is 0 Å². The first-order valence-electron chi connectivity index (χ1n) is 2.69. The lowest BCUT2D eigenvalue weighted by atomic mass is 10.3. The van der Waals surface area contributed by atoms with Crippen LogP contribution in [0.15, 0.2) is 0 Å². The Kier molecular flexibility index (Phi) is 8.52.